The van der Waals surface area contributed by atoms with Crippen molar-refractivity contribution in [1.29, 1.82) is 0 Å². The number of sulfonamides is 1. The molecule has 0 fully saturated rings. The third-order valence-corrected chi connectivity index (χ3v) is 4.59. The van der Waals surface area contributed by atoms with Gasteiger partial charge in [0.15, 0.2) is 6.61 Å². The highest BCUT2D eigenvalue weighted by atomic mass is 32.2. The van der Waals surface area contributed by atoms with Gasteiger partial charge in [0.25, 0.3) is 5.91 Å². The molecule has 0 saturated carbocycles. The van der Waals surface area contributed by atoms with E-state index in [1.807, 2.05) is 34.6 Å². The van der Waals surface area contributed by atoms with Crippen LogP contribution in [0.4, 0.5) is 0 Å². The molecule has 2 N–H and O–H groups in total. The van der Waals surface area contributed by atoms with Crippen LogP contribution in [0, 0.1) is 0 Å². The summed E-state index contributed by atoms with van der Waals surface area (Å²) in [5.74, 6) is 0.212. The summed E-state index contributed by atoms with van der Waals surface area (Å²) in [5, 5.41) is 2.78. The minimum absolute atomic E-state index is 0.117. The van der Waals surface area contributed by atoms with Gasteiger partial charge < -0.3 is 10.1 Å². The highest BCUT2D eigenvalue weighted by Crippen LogP contribution is 2.16. The van der Waals surface area contributed by atoms with Crippen LogP contribution >= 0.6 is 0 Å². The van der Waals surface area contributed by atoms with Crippen LogP contribution in [0.15, 0.2) is 29.2 Å². The molecule has 0 aliphatic carbocycles. The van der Waals surface area contributed by atoms with Crippen LogP contribution in [0.25, 0.3) is 0 Å². The van der Waals surface area contributed by atoms with Crippen LogP contribution in [-0.4, -0.2) is 32.5 Å². The van der Waals surface area contributed by atoms with Crippen LogP contribution < -0.4 is 14.8 Å². The Morgan fingerprint density at radius 1 is 1.22 bits per heavy atom. The molecule has 1 aromatic carbocycles. The van der Waals surface area contributed by atoms with Gasteiger partial charge >= 0.3 is 0 Å². The molecular formula is C16H26N2O4S. The van der Waals surface area contributed by atoms with Gasteiger partial charge in [0.05, 0.1) is 4.90 Å². The zero-order chi connectivity index (χ0) is 17.7. The fourth-order valence-electron chi connectivity index (χ4n) is 1.73. The maximum Gasteiger partial charge on any atom is 0.258 e. The first-order valence-electron chi connectivity index (χ1n) is 7.59. The molecule has 1 rings (SSSR count). The molecule has 0 radical (unpaired) electrons. The number of ether oxygens (including phenoxy) is 1. The van der Waals surface area contributed by atoms with Crippen molar-refractivity contribution in [3.63, 3.8) is 0 Å². The first-order valence-corrected chi connectivity index (χ1v) is 9.08. The van der Waals surface area contributed by atoms with E-state index in [2.05, 4.69) is 10.0 Å². The van der Waals surface area contributed by atoms with Gasteiger partial charge in [-0.1, -0.05) is 6.92 Å². The van der Waals surface area contributed by atoms with Gasteiger partial charge in [0.2, 0.25) is 10.0 Å². The number of nitrogens with one attached hydrogen (secondary N) is 2. The second-order valence-electron chi connectivity index (χ2n) is 6.49. The van der Waals surface area contributed by atoms with Gasteiger partial charge in [-0.05, 0) is 58.4 Å². The third-order valence-electron chi connectivity index (χ3n) is 2.99. The van der Waals surface area contributed by atoms with Crippen molar-refractivity contribution in [2.75, 3.05) is 6.61 Å². The van der Waals surface area contributed by atoms with E-state index >= 15 is 0 Å². The molecule has 1 atom stereocenters. The number of hydrogen-bond donors (Lipinski definition) is 2. The molecule has 7 heteroatoms. The largest absolute Gasteiger partial charge is 0.484 e. The van der Waals surface area contributed by atoms with Gasteiger partial charge in [-0.3, -0.25) is 4.79 Å². The highest BCUT2D eigenvalue weighted by molar-refractivity contribution is 7.89. The van der Waals surface area contributed by atoms with Crippen molar-refractivity contribution in [2.45, 2.75) is 57.5 Å². The Labute approximate surface area is 138 Å². The van der Waals surface area contributed by atoms with Crippen molar-refractivity contribution >= 4 is 15.9 Å². The highest BCUT2D eigenvalue weighted by Gasteiger charge is 2.17. The number of amides is 1. The molecule has 0 saturated heterocycles. The molecule has 0 bridgehead atoms. The summed E-state index contributed by atoms with van der Waals surface area (Å²) >= 11 is 0. The summed E-state index contributed by atoms with van der Waals surface area (Å²) in [5.41, 5.74) is -0.319. The molecular weight excluding hydrogens is 316 g/mol. The van der Waals surface area contributed by atoms with Crippen LogP contribution in [0.5, 0.6) is 5.75 Å². The van der Waals surface area contributed by atoms with E-state index in [4.69, 9.17) is 4.74 Å². The molecule has 1 aromatic rings. The van der Waals surface area contributed by atoms with Crippen LogP contribution in [0.2, 0.25) is 0 Å². The van der Waals surface area contributed by atoms with E-state index in [1.165, 1.54) is 24.3 Å². The Morgan fingerprint density at radius 2 is 1.78 bits per heavy atom. The van der Waals surface area contributed by atoms with E-state index in [1.54, 1.807) is 0 Å². The first-order chi connectivity index (χ1) is 10.5. The SMILES string of the molecule is CC[C@H](C)NS(=O)(=O)c1ccc(OCC(=O)NC(C)(C)C)cc1. The summed E-state index contributed by atoms with van der Waals surface area (Å²) in [4.78, 5) is 11.8. The number of carbonyl (C=O) groups is 1. The summed E-state index contributed by atoms with van der Waals surface area (Å²) in [7, 11) is -3.53. The minimum Gasteiger partial charge on any atom is -0.484 e. The van der Waals surface area contributed by atoms with Crippen molar-refractivity contribution in [3.8, 4) is 5.75 Å². The molecule has 0 heterocycles. The molecule has 1 amide bonds. The topological polar surface area (TPSA) is 84.5 Å². The fourth-order valence-corrected chi connectivity index (χ4v) is 3.06. The Bertz CT molecular complexity index is 618. The summed E-state index contributed by atoms with van der Waals surface area (Å²) in [6.45, 7) is 9.25. The van der Waals surface area contributed by atoms with Crippen molar-refractivity contribution in [2.24, 2.45) is 0 Å². The second kappa shape index (κ2) is 7.79. The molecule has 23 heavy (non-hydrogen) atoms. The van der Waals surface area contributed by atoms with Crippen LogP contribution in [-0.2, 0) is 14.8 Å². The van der Waals surface area contributed by atoms with Crippen molar-refractivity contribution in [3.05, 3.63) is 24.3 Å². The Kier molecular flexibility index (Phi) is 6.58. The average molecular weight is 342 g/mol. The number of benzene rings is 1. The lowest BCUT2D eigenvalue weighted by atomic mass is 10.1. The van der Waals surface area contributed by atoms with Gasteiger partial charge in [-0.25, -0.2) is 13.1 Å². The summed E-state index contributed by atoms with van der Waals surface area (Å²) < 4.78 is 32.2. The second-order valence-corrected chi connectivity index (χ2v) is 8.20. The summed E-state index contributed by atoms with van der Waals surface area (Å²) in [6.07, 6.45) is 0.712. The lowest BCUT2D eigenvalue weighted by Crippen LogP contribution is -2.43. The minimum atomic E-state index is -3.53. The number of carbonyl (C=O) groups excluding carboxylic acids is 1. The zero-order valence-corrected chi connectivity index (χ0v) is 15.2. The summed E-state index contributed by atoms with van der Waals surface area (Å²) in [6, 6.07) is 5.87. The van der Waals surface area contributed by atoms with Gasteiger partial charge in [-0.2, -0.15) is 0 Å². The Hall–Kier alpha value is -1.60. The number of rotatable bonds is 7. The third kappa shape index (κ3) is 7.00. The van der Waals surface area contributed by atoms with Crippen molar-refractivity contribution in [1.82, 2.24) is 10.0 Å². The molecule has 0 aliphatic rings. The fraction of sp³-hybridized carbons (Fsp3) is 0.562. The van der Waals surface area contributed by atoms with Crippen LogP contribution in [0.1, 0.15) is 41.0 Å². The molecule has 0 unspecified atom stereocenters. The Morgan fingerprint density at radius 3 is 2.26 bits per heavy atom. The monoisotopic (exact) mass is 342 g/mol. The molecule has 6 nitrogen and oxygen atoms in total. The van der Waals surface area contributed by atoms with E-state index in [0.29, 0.717) is 12.2 Å². The standard InChI is InChI=1S/C16H26N2O4S/c1-6-12(2)18-23(20,21)14-9-7-13(8-10-14)22-11-15(19)17-16(3,4)5/h7-10,12,18H,6,11H2,1-5H3,(H,17,19)/t12-/m0/s1. The normalized spacial score (nSPS) is 13.4. The van der Waals surface area contributed by atoms with Gasteiger partial charge in [-0.15, -0.1) is 0 Å². The lowest BCUT2D eigenvalue weighted by Gasteiger charge is -2.20. The van der Waals surface area contributed by atoms with Crippen LogP contribution in [0.3, 0.4) is 0 Å². The maximum atomic E-state index is 12.1. The van der Waals surface area contributed by atoms with E-state index in [9.17, 15) is 13.2 Å². The Balaban J connectivity index is 2.65. The van der Waals surface area contributed by atoms with E-state index in [0.717, 1.165) is 0 Å². The maximum absolute atomic E-state index is 12.1. The smallest absolute Gasteiger partial charge is 0.258 e. The van der Waals surface area contributed by atoms with E-state index < -0.39 is 10.0 Å². The molecule has 0 aliphatic heterocycles. The zero-order valence-electron chi connectivity index (χ0n) is 14.3. The van der Waals surface area contributed by atoms with E-state index in [-0.39, 0.29) is 29.0 Å². The molecule has 0 aromatic heterocycles. The lowest BCUT2D eigenvalue weighted by molar-refractivity contribution is -0.124. The predicted octanol–water partition coefficient (Wildman–Crippen LogP) is 2.06. The molecule has 130 valence electrons. The van der Waals surface area contributed by atoms with Crippen molar-refractivity contribution < 1.29 is 17.9 Å². The average Bonchev–Trinajstić information content (AvgIpc) is 2.43. The quantitative estimate of drug-likeness (QED) is 0.794. The van der Waals surface area contributed by atoms with Gasteiger partial charge in [0.1, 0.15) is 5.75 Å². The number of hydrogen-bond acceptors (Lipinski definition) is 4. The first kappa shape index (κ1) is 19.4. The predicted molar refractivity (Wildman–Crippen MR) is 89.9 cm³/mol. The molecule has 0 spiro atoms. The van der Waals surface area contributed by atoms with Gasteiger partial charge in [0, 0.05) is 11.6 Å².